The lowest BCUT2D eigenvalue weighted by Gasteiger charge is -2.11. The highest BCUT2D eigenvalue weighted by Gasteiger charge is 2.03. The first-order chi connectivity index (χ1) is 9.54. The SMILES string of the molecule is Cc1cc(CCC(=O)O)ccc1Nc1cccc(Br)c1. The van der Waals surface area contributed by atoms with E-state index in [9.17, 15) is 4.79 Å². The molecule has 0 fully saturated rings. The van der Waals surface area contributed by atoms with E-state index < -0.39 is 5.97 Å². The summed E-state index contributed by atoms with van der Waals surface area (Å²) in [4.78, 5) is 10.6. The molecule has 104 valence electrons. The Morgan fingerprint density at radius 3 is 2.70 bits per heavy atom. The average molecular weight is 334 g/mol. The maximum absolute atomic E-state index is 10.6. The van der Waals surface area contributed by atoms with Crippen molar-refractivity contribution in [3.8, 4) is 0 Å². The first-order valence-electron chi connectivity index (χ1n) is 6.38. The maximum atomic E-state index is 10.6. The molecular formula is C16H16BrNO2. The molecule has 0 atom stereocenters. The van der Waals surface area contributed by atoms with Gasteiger partial charge in [-0.1, -0.05) is 34.1 Å². The van der Waals surface area contributed by atoms with E-state index in [-0.39, 0.29) is 6.42 Å². The molecule has 2 N–H and O–H groups in total. The summed E-state index contributed by atoms with van der Waals surface area (Å²) in [7, 11) is 0. The predicted molar refractivity (Wildman–Crippen MR) is 84.6 cm³/mol. The molecule has 0 bridgehead atoms. The molecule has 0 aliphatic heterocycles. The molecule has 4 heteroatoms. The minimum Gasteiger partial charge on any atom is -0.481 e. The van der Waals surface area contributed by atoms with E-state index in [0.717, 1.165) is 27.0 Å². The van der Waals surface area contributed by atoms with Gasteiger partial charge in [-0.2, -0.15) is 0 Å². The van der Waals surface area contributed by atoms with Gasteiger partial charge in [-0.3, -0.25) is 4.79 Å². The second-order valence-electron chi connectivity index (χ2n) is 4.68. The van der Waals surface area contributed by atoms with Crippen LogP contribution in [0.15, 0.2) is 46.9 Å². The van der Waals surface area contributed by atoms with Crippen LogP contribution in [0.4, 0.5) is 11.4 Å². The molecule has 0 saturated carbocycles. The Morgan fingerprint density at radius 2 is 2.05 bits per heavy atom. The van der Waals surface area contributed by atoms with Crippen LogP contribution in [-0.4, -0.2) is 11.1 Å². The van der Waals surface area contributed by atoms with Gasteiger partial charge in [-0.05, 0) is 48.7 Å². The van der Waals surface area contributed by atoms with Crippen LogP contribution in [0.1, 0.15) is 17.5 Å². The topological polar surface area (TPSA) is 49.3 Å². The fraction of sp³-hybridized carbons (Fsp3) is 0.188. The summed E-state index contributed by atoms with van der Waals surface area (Å²) in [5.41, 5.74) is 4.19. The van der Waals surface area contributed by atoms with E-state index in [0.29, 0.717) is 6.42 Å². The van der Waals surface area contributed by atoms with E-state index in [1.165, 1.54) is 0 Å². The van der Waals surface area contributed by atoms with Crippen molar-refractivity contribution in [1.82, 2.24) is 0 Å². The number of hydrogen-bond donors (Lipinski definition) is 2. The van der Waals surface area contributed by atoms with Gasteiger partial charge in [0.1, 0.15) is 0 Å². The second kappa shape index (κ2) is 6.57. The van der Waals surface area contributed by atoms with Crippen LogP contribution in [0.2, 0.25) is 0 Å². The van der Waals surface area contributed by atoms with Gasteiger partial charge in [0, 0.05) is 22.3 Å². The zero-order valence-electron chi connectivity index (χ0n) is 11.2. The van der Waals surface area contributed by atoms with Crippen LogP contribution in [0.25, 0.3) is 0 Å². The van der Waals surface area contributed by atoms with E-state index >= 15 is 0 Å². The number of carboxylic acids is 1. The third-order valence-corrected chi connectivity index (χ3v) is 3.52. The van der Waals surface area contributed by atoms with Gasteiger partial charge in [0.05, 0.1) is 0 Å². The molecule has 0 heterocycles. The Kier molecular flexibility index (Phi) is 4.79. The minimum atomic E-state index is -0.765. The zero-order valence-corrected chi connectivity index (χ0v) is 12.8. The van der Waals surface area contributed by atoms with Crippen molar-refractivity contribution in [2.75, 3.05) is 5.32 Å². The first-order valence-corrected chi connectivity index (χ1v) is 7.18. The molecule has 2 rings (SSSR count). The number of rotatable bonds is 5. The van der Waals surface area contributed by atoms with Crippen LogP contribution < -0.4 is 5.32 Å². The third-order valence-electron chi connectivity index (χ3n) is 3.02. The molecule has 0 unspecified atom stereocenters. The Bertz CT molecular complexity index is 626. The number of aliphatic carboxylic acids is 1. The number of hydrogen-bond acceptors (Lipinski definition) is 2. The molecular weight excluding hydrogens is 318 g/mol. The minimum absolute atomic E-state index is 0.165. The molecule has 0 aliphatic carbocycles. The number of nitrogens with one attached hydrogen (secondary N) is 1. The number of carboxylic acid groups (broad SMARTS) is 1. The summed E-state index contributed by atoms with van der Waals surface area (Å²) in [5, 5.41) is 12.1. The van der Waals surface area contributed by atoms with E-state index in [4.69, 9.17) is 5.11 Å². The molecule has 2 aromatic carbocycles. The fourth-order valence-corrected chi connectivity index (χ4v) is 2.39. The third kappa shape index (κ3) is 4.10. The van der Waals surface area contributed by atoms with Crippen molar-refractivity contribution < 1.29 is 9.90 Å². The quantitative estimate of drug-likeness (QED) is 0.845. The second-order valence-corrected chi connectivity index (χ2v) is 5.59. The number of anilines is 2. The maximum Gasteiger partial charge on any atom is 0.303 e. The lowest BCUT2D eigenvalue weighted by Crippen LogP contribution is -1.99. The van der Waals surface area contributed by atoms with Gasteiger partial charge in [0.25, 0.3) is 0 Å². The Balaban J connectivity index is 2.11. The molecule has 0 aliphatic rings. The van der Waals surface area contributed by atoms with Crippen molar-refractivity contribution in [1.29, 1.82) is 0 Å². The van der Waals surface area contributed by atoms with Gasteiger partial charge >= 0.3 is 5.97 Å². The van der Waals surface area contributed by atoms with E-state index in [2.05, 4.69) is 21.2 Å². The summed E-state index contributed by atoms with van der Waals surface area (Å²) < 4.78 is 1.03. The molecule has 0 aromatic heterocycles. The summed E-state index contributed by atoms with van der Waals surface area (Å²) in [5.74, 6) is -0.765. The number of carbonyl (C=O) groups is 1. The molecule has 0 spiro atoms. The molecule has 0 radical (unpaired) electrons. The standard InChI is InChI=1S/C16H16BrNO2/c1-11-9-12(6-8-16(19)20)5-7-15(11)18-14-4-2-3-13(17)10-14/h2-5,7,9-10,18H,6,8H2,1H3,(H,19,20). The average Bonchev–Trinajstić information content (AvgIpc) is 2.39. The van der Waals surface area contributed by atoms with E-state index in [1.54, 1.807) is 0 Å². The normalized spacial score (nSPS) is 10.3. The highest BCUT2D eigenvalue weighted by molar-refractivity contribution is 9.10. The van der Waals surface area contributed by atoms with Crippen molar-refractivity contribution >= 4 is 33.3 Å². The largest absolute Gasteiger partial charge is 0.481 e. The van der Waals surface area contributed by atoms with Crippen molar-refractivity contribution in [3.05, 3.63) is 58.1 Å². The van der Waals surface area contributed by atoms with Crippen LogP contribution >= 0.6 is 15.9 Å². The number of aryl methyl sites for hydroxylation is 2. The Morgan fingerprint density at radius 1 is 1.25 bits per heavy atom. The lowest BCUT2D eigenvalue weighted by molar-refractivity contribution is -0.136. The molecule has 20 heavy (non-hydrogen) atoms. The summed E-state index contributed by atoms with van der Waals surface area (Å²) in [6.45, 7) is 2.02. The monoisotopic (exact) mass is 333 g/mol. The van der Waals surface area contributed by atoms with Gasteiger partial charge < -0.3 is 10.4 Å². The number of halogens is 1. The van der Waals surface area contributed by atoms with E-state index in [1.807, 2.05) is 49.4 Å². The van der Waals surface area contributed by atoms with Crippen LogP contribution in [-0.2, 0) is 11.2 Å². The summed E-state index contributed by atoms with van der Waals surface area (Å²) >= 11 is 3.44. The summed E-state index contributed by atoms with van der Waals surface area (Å²) in [6.07, 6.45) is 0.727. The highest BCUT2D eigenvalue weighted by atomic mass is 79.9. The van der Waals surface area contributed by atoms with Crippen molar-refractivity contribution in [2.45, 2.75) is 19.8 Å². The van der Waals surface area contributed by atoms with Crippen LogP contribution in [0.3, 0.4) is 0 Å². The fourth-order valence-electron chi connectivity index (χ4n) is 1.99. The lowest BCUT2D eigenvalue weighted by atomic mass is 10.1. The van der Waals surface area contributed by atoms with Gasteiger partial charge in [-0.25, -0.2) is 0 Å². The van der Waals surface area contributed by atoms with Gasteiger partial charge in [0.15, 0.2) is 0 Å². The first kappa shape index (κ1) is 14.6. The van der Waals surface area contributed by atoms with Crippen LogP contribution in [0, 0.1) is 6.92 Å². The molecule has 3 nitrogen and oxygen atoms in total. The smallest absolute Gasteiger partial charge is 0.303 e. The van der Waals surface area contributed by atoms with Gasteiger partial charge in [-0.15, -0.1) is 0 Å². The van der Waals surface area contributed by atoms with Crippen molar-refractivity contribution in [3.63, 3.8) is 0 Å². The summed E-state index contributed by atoms with van der Waals surface area (Å²) in [6, 6.07) is 14.0. The van der Waals surface area contributed by atoms with Gasteiger partial charge in [0.2, 0.25) is 0 Å². The highest BCUT2D eigenvalue weighted by Crippen LogP contribution is 2.24. The molecule has 0 amide bonds. The zero-order chi connectivity index (χ0) is 14.5. The van der Waals surface area contributed by atoms with Crippen molar-refractivity contribution in [2.24, 2.45) is 0 Å². The molecule has 0 saturated heterocycles. The predicted octanol–water partition coefficient (Wildman–Crippen LogP) is 4.52. The van der Waals surface area contributed by atoms with Crippen LogP contribution in [0.5, 0.6) is 0 Å². The Hall–Kier alpha value is -1.81. The Labute approximate surface area is 126 Å². The molecule has 2 aromatic rings. The number of benzene rings is 2.